The van der Waals surface area contributed by atoms with Gasteiger partial charge >= 0.3 is 12.0 Å². The van der Waals surface area contributed by atoms with Crippen molar-refractivity contribution in [2.45, 2.75) is 0 Å². The Kier molecular flexibility index (Phi) is 3.06. The predicted octanol–water partition coefficient (Wildman–Crippen LogP) is 0.318. The number of carboxylic acid groups (broad SMARTS) is 1. The van der Waals surface area contributed by atoms with Crippen LogP contribution in [0.5, 0.6) is 0 Å². The minimum atomic E-state index is -1.33. The van der Waals surface area contributed by atoms with Crippen LogP contribution in [0.4, 0.5) is 16.6 Å². The minimum absolute atomic E-state index is 0.328. The number of primary amides is 1. The molecule has 0 spiro atoms. The third-order valence-corrected chi connectivity index (χ3v) is 2.49. The maximum atomic E-state index is 8.78. The van der Waals surface area contributed by atoms with E-state index < -0.39 is 6.09 Å². The molecule has 1 amide bonds. The summed E-state index contributed by atoms with van der Waals surface area (Å²) in [6.45, 7) is 0. The van der Waals surface area contributed by atoms with Gasteiger partial charge in [0.2, 0.25) is 5.82 Å². The topological polar surface area (TPSA) is 158 Å². The molecule has 0 atom stereocenters. The van der Waals surface area contributed by atoms with Gasteiger partial charge in [0.15, 0.2) is 0 Å². The molecule has 0 aliphatic carbocycles. The van der Waals surface area contributed by atoms with E-state index in [4.69, 9.17) is 21.4 Å². The number of nitrogen functional groups attached to an aromatic ring is 2. The summed E-state index contributed by atoms with van der Waals surface area (Å²) in [7, 11) is 0. The largest absolute Gasteiger partial charge is 0.465 e. The van der Waals surface area contributed by atoms with Crippen LogP contribution in [0.3, 0.4) is 0 Å². The molecule has 8 heteroatoms. The van der Waals surface area contributed by atoms with Gasteiger partial charge in [0, 0.05) is 17.1 Å². The molecule has 2 heterocycles. The van der Waals surface area contributed by atoms with Crippen molar-refractivity contribution in [2.75, 3.05) is 11.5 Å². The van der Waals surface area contributed by atoms with Crippen molar-refractivity contribution in [2.24, 2.45) is 5.73 Å². The van der Waals surface area contributed by atoms with E-state index in [1.54, 1.807) is 0 Å². The summed E-state index contributed by atoms with van der Waals surface area (Å²) in [4.78, 5) is 19.0. The Hall–Kier alpha value is -3.03. The molecule has 0 radical (unpaired) electrons. The van der Waals surface area contributed by atoms with Crippen LogP contribution < -0.4 is 22.2 Å². The van der Waals surface area contributed by atoms with Crippen LogP contribution in [0, 0.1) is 0 Å². The van der Waals surface area contributed by atoms with Crippen LogP contribution in [0.15, 0.2) is 24.4 Å². The van der Waals surface area contributed by atoms with Crippen LogP contribution in [0.1, 0.15) is 0 Å². The highest BCUT2D eigenvalue weighted by molar-refractivity contribution is 6.06. The summed E-state index contributed by atoms with van der Waals surface area (Å²) < 4.78 is 0. The lowest BCUT2D eigenvalue weighted by Crippen LogP contribution is -2.17. The van der Waals surface area contributed by atoms with Gasteiger partial charge in [0.05, 0.1) is 5.39 Å². The van der Waals surface area contributed by atoms with Crippen molar-refractivity contribution >= 4 is 39.7 Å². The number of rotatable bonds is 0. The molecule has 0 aliphatic heterocycles. The van der Waals surface area contributed by atoms with E-state index in [9.17, 15) is 0 Å². The smallest absolute Gasteiger partial charge is 0.402 e. The van der Waals surface area contributed by atoms with Crippen LogP contribution in [-0.4, -0.2) is 21.2 Å². The zero-order valence-corrected chi connectivity index (χ0v) is 9.84. The van der Waals surface area contributed by atoms with E-state index >= 15 is 0 Å². The second-order valence-electron chi connectivity index (χ2n) is 3.77. The molecule has 2 aromatic heterocycles. The summed E-state index contributed by atoms with van der Waals surface area (Å²) in [6.07, 6.45) is 0.537. The minimum Gasteiger partial charge on any atom is -0.465 e. The molecule has 9 N–H and O–H groups in total. The second-order valence-corrected chi connectivity index (χ2v) is 3.77. The monoisotopic (exact) mass is 261 g/mol. The number of nitrogens with zero attached hydrogens (tertiary/aromatic N) is 1. The first-order valence-corrected chi connectivity index (χ1v) is 5.31. The maximum absolute atomic E-state index is 8.78. The standard InChI is InChI=1S/C10H9N5.CH3NO2/c11-9-6-1-2-7-5(3-4-13-7)8(6)14-10(12)15-9;2-1(3)4/h1-4,13H,(H4,11,12,14,15);2H2,(H,3,4)/p+1. The fourth-order valence-corrected chi connectivity index (χ4v) is 1.81. The molecular weight excluding hydrogens is 248 g/mol. The average molecular weight is 261 g/mol. The lowest BCUT2D eigenvalue weighted by Gasteiger charge is -1.98. The Morgan fingerprint density at radius 2 is 1.95 bits per heavy atom. The third-order valence-electron chi connectivity index (χ3n) is 2.49. The lowest BCUT2D eigenvalue weighted by molar-refractivity contribution is -0.344. The first-order chi connectivity index (χ1) is 8.99. The van der Waals surface area contributed by atoms with Crippen molar-refractivity contribution in [3.63, 3.8) is 0 Å². The SMILES string of the molecule is NC(=O)O.Nc1nc2c(ccc3[nH]ccc32)c(N)[nH+]1. The summed E-state index contributed by atoms with van der Waals surface area (Å²) in [5, 5.41) is 9.11. The highest BCUT2D eigenvalue weighted by atomic mass is 16.4. The number of aromatic nitrogens is 3. The summed E-state index contributed by atoms with van der Waals surface area (Å²) in [5.41, 5.74) is 17.3. The quantitative estimate of drug-likeness (QED) is 0.393. The molecule has 8 nitrogen and oxygen atoms in total. The second kappa shape index (κ2) is 4.69. The maximum Gasteiger partial charge on any atom is 0.402 e. The number of anilines is 2. The van der Waals surface area contributed by atoms with E-state index in [0.29, 0.717) is 11.8 Å². The van der Waals surface area contributed by atoms with Gasteiger partial charge in [-0.25, -0.2) is 9.78 Å². The number of fused-ring (bicyclic) bond motifs is 3. The number of H-pyrrole nitrogens is 2. The Balaban J connectivity index is 0.000000297. The number of nitrogens with two attached hydrogens (primary N) is 3. The van der Waals surface area contributed by atoms with Crippen molar-refractivity contribution in [3.05, 3.63) is 24.4 Å². The number of benzene rings is 1. The molecule has 0 fully saturated rings. The third kappa shape index (κ3) is 2.46. The average Bonchev–Trinajstić information content (AvgIpc) is 2.76. The molecule has 0 aliphatic rings. The van der Waals surface area contributed by atoms with Gasteiger partial charge in [0.1, 0.15) is 5.52 Å². The van der Waals surface area contributed by atoms with Gasteiger partial charge in [-0.05, 0) is 18.2 Å². The van der Waals surface area contributed by atoms with E-state index in [1.165, 1.54) is 0 Å². The zero-order valence-electron chi connectivity index (χ0n) is 9.84. The highest BCUT2D eigenvalue weighted by Gasteiger charge is 2.11. The molecule has 98 valence electrons. The molecule has 1 aromatic carbocycles. The molecule has 0 saturated carbocycles. The Labute approximate surface area is 107 Å². The summed E-state index contributed by atoms with van der Waals surface area (Å²) in [6, 6.07) is 5.86. The molecule has 3 rings (SSSR count). The van der Waals surface area contributed by atoms with Gasteiger partial charge in [-0.2, -0.15) is 0 Å². The zero-order chi connectivity index (χ0) is 14.0. The van der Waals surface area contributed by atoms with Crippen molar-refractivity contribution in [1.29, 1.82) is 0 Å². The van der Waals surface area contributed by atoms with Crippen molar-refractivity contribution < 1.29 is 14.9 Å². The predicted molar refractivity (Wildman–Crippen MR) is 71.2 cm³/mol. The fourth-order valence-electron chi connectivity index (χ4n) is 1.81. The van der Waals surface area contributed by atoms with Gasteiger partial charge in [0.25, 0.3) is 0 Å². The van der Waals surface area contributed by atoms with E-state index in [-0.39, 0.29) is 0 Å². The first kappa shape index (κ1) is 12.4. The number of amides is 1. The highest BCUT2D eigenvalue weighted by Crippen LogP contribution is 2.24. The molecule has 0 saturated heterocycles. The molecule has 19 heavy (non-hydrogen) atoms. The van der Waals surface area contributed by atoms with Crippen LogP contribution in [0.25, 0.3) is 21.8 Å². The molecule has 0 bridgehead atoms. The van der Waals surface area contributed by atoms with Crippen molar-refractivity contribution in [1.82, 2.24) is 9.97 Å². The summed E-state index contributed by atoms with van der Waals surface area (Å²) in [5.74, 6) is 0.870. The van der Waals surface area contributed by atoms with Crippen molar-refractivity contribution in [3.8, 4) is 0 Å². The Morgan fingerprint density at radius 1 is 1.26 bits per heavy atom. The van der Waals surface area contributed by atoms with E-state index in [2.05, 4.69) is 20.7 Å². The van der Waals surface area contributed by atoms with E-state index in [0.717, 1.165) is 21.8 Å². The van der Waals surface area contributed by atoms with Crippen LogP contribution >= 0.6 is 0 Å². The van der Waals surface area contributed by atoms with Gasteiger partial charge < -0.3 is 27.3 Å². The number of hydrogen-bond acceptors (Lipinski definition) is 4. The summed E-state index contributed by atoms with van der Waals surface area (Å²) >= 11 is 0. The van der Waals surface area contributed by atoms with Crippen LogP contribution in [-0.2, 0) is 0 Å². The first-order valence-electron chi connectivity index (χ1n) is 5.31. The van der Waals surface area contributed by atoms with Gasteiger partial charge in [-0.15, -0.1) is 4.98 Å². The number of nitrogens with one attached hydrogen (secondary N) is 2. The van der Waals surface area contributed by atoms with Crippen LogP contribution in [0.2, 0.25) is 0 Å². The molecule has 0 unspecified atom stereocenters. The Morgan fingerprint density at radius 3 is 2.63 bits per heavy atom. The van der Waals surface area contributed by atoms with Gasteiger partial charge in [-0.1, -0.05) is 0 Å². The number of aromatic amines is 2. The number of carbonyl (C=O) groups is 1. The normalized spacial score (nSPS) is 10.1. The molecule has 3 aromatic rings. The lowest BCUT2D eigenvalue weighted by atomic mass is 10.1. The van der Waals surface area contributed by atoms with E-state index in [1.807, 2.05) is 24.4 Å². The molecular formula is C11H13N6O2+. The number of hydrogen-bond donors (Lipinski definition) is 5. The fraction of sp³-hybridized carbons (Fsp3) is 0. The Bertz CT molecular complexity index is 747. The van der Waals surface area contributed by atoms with Gasteiger partial charge in [-0.3, -0.25) is 0 Å².